The summed E-state index contributed by atoms with van der Waals surface area (Å²) in [6.07, 6.45) is 0. The number of aromatic nitrogens is 1. The van der Waals surface area contributed by atoms with E-state index in [0.717, 1.165) is 0 Å². The second-order valence-electron chi connectivity index (χ2n) is 5.02. The Kier molecular flexibility index (Phi) is 4.15. The minimum Gasteiger partial charge on any atom is -0.423 e. The molecule has 0 spiro atoms. The van der Waals surface area contributed by atoms with Gasteiger partial charge in [-0.3, -0.25) is 0 Å². The Hall–Kier alpha value is -2.98. The average molecular weight is 342 g/mol. The van der Waals surface area contributed by atoms with Crippen LogP contribution in [-0.4, -0.2) is 13.4 Å². The Bertz CT molecular complexity index is 1000. The van der Waals surface area contributed by atoms with Gasteiger partial charge in [-0.15, -0.1) is 0 Å². The van der Waals surface area contributed by atoms with E-state index in [-0.39, 0.29) is 11.6 Å². The number of hydrogen-bond acceptors (Lipinski definition) is 5. The molecule has 3 aromatic rings. The molecular formula is C17H11FN2O3S. The van der Waals surface area contributed by atoms with Crippen molar-refractivity contribution in [2.75, 3.05) is 0 Å². The van der Waals surface area contributed by atoms with Crippen LogP contribution in [0, 0.1) is 17.1 Å². The third-order valence-electron chi connectivity index (χ3n) is 3.28. The molecule has 0 saturated heterocycles. The molecule has 1 aromatic heterocycles. The van der Waals surface area contributed by atoms with Crippen molar-refractivity contribution in [3.63, 3.8) is 0 Å². The molecule has 0 amide bonds. The van der Waals surface area contributed by atoms with Gasteiger partial charge in [0.05, 0.1) is 5.75 Å². The van der Waals surface area contributed by atoms with Crippen molar-refractivity contribution in [2.24, 2.45) is 0 Å². The molecule has 1 heterocycles. The smallest absolute Gasteiger partial charge is 0.257 e. The van der Waals surface area contributed by atoms with Crippen LogP contribution in [0.25, 0.3) is 11.5 Å². The molecule has 0 aliphatic carbocycles. The van der Waals surface area contributed by atoms with Crippen LogP contribution in [0.15, 0.2) is 64.1 Å². The average Bonchev–Trinajstić information content (AvgIpc) is 3.03. The SMILES string of the molecule is N#Cc1nc(-c2ccccc2)oc1S(=O)(=O)Cc1ccc(F)cc1. The predicted octanol–water partition coefficient (Wildman–Crippen LogP) is 3.33. The zero-order valence-corrected chi connectivity index (χ0v) is 13.1. The van der Waals surface area contributed by atoms with E-state index >= 15 is 0 Å². The van der Waals surface area contributed by atoms with Crippen LogP contribution in [0.5, 0.6) is 0 Å². The van der Waals surface area contributed by atoms with Crippen LogP contribution in [0.4, 0.5) is 4.39 Å². The topological polar surface area (TPSA) is 84.0 Å². The Morgan fingerprint density at radius 2 is 1.75 bits per heavy atom. The second kappa shape index (κ2) is 6.26. The minimum absolute atomic E-state index is 0.0600. The Labute approximate surface area is 137 Å². The Morgan fingerprint density at radius 3 is 2.38 bits per heavy atom. The number of sulfone groups is 1. The van der Waals surface area contributed by atoms with Crippen LogP contribution in [-0.2, 0) is 15.6 Å². The van der Waals surface area contributed by atoms with Gasteiger partial charge in [-0.1, -0.05) is 30.3 Å². The third kappa shape index (κ3) is 3.19. The molecule has 7 heteroatoms. The van der Waals surface area contributed by atoms with Crippen LogP contribution in [0.1, 0.15) is 11.3 Å². The molecule has 0 aliphatic rings. The van der Waals surface area contributed by atoms with E-state index < -0.39 is 26.5 Å². The first-order chi connectivity index (χ1) is 11.5. The zero-order chi connectivity index (χ0) is 17.2. The predicted molar refractivity (Wildman–Crippen MR) is 83.9 cm³/mol. The minimum atomic E-state index is -3.93. The summed E-state index contributed by atoms with van der Waals surface area (Å²) >= 11 is 0. The van der Waals surface area contributed by atoms with Crippen LogP contribution >= 0.6 is 0 Å². The molecule has 0 fully saturated rings. The van der Waals surface area contributed by atoms with Gasteiger partial charge in [-0.05, 0) is 29.8 Å². The second-order valence-corrected chi connectivity index (χ2v) is 6.91. The van der Waals surface area contributed by atoms with E-state index in [1.54, 1.807) is 36.4 Å². The zero-order valence-electron chi connectivity index (χ0n) is 12.3. The number of halogens is 1. The molecular weight excluding hydrogens is 331 g/mol. The van der Waals surface area contributed by atoms with Crippen molar-refractivity contribution in [2.45, 2.75) is 10.8 Å². The molecule has 24 heavy (non-hydrogen) atoms. The molecule has 0 N–H and O–H groups in total. The van der Waals surface area contributed by atoms with Gasteiger partial charge in [-0.2, -0.15) is 10.2 Å². The van der Waals surface area contributed by atoms with E-state index in [9.17, 15) is 12.8 Å². The van der Waals surface area contributed by atoms with Crippen molar-refractivity contribution in [1.29, 1.82) is 5.26 Å². The van der Waals surface area contributed by atoms with Crippen LogP contribution in [0.2, 0.25) is 0 Å². The summed E-state index contributed by atoms with van der Waals surface area (Å²) < 4.78 is 43.4. The van der Waals surface area contributed by atoms with Crippen LogP contribution < -0.4 is 0 Å². The maximum atomic E-state index is 12.9. The molecule has 0 bridgehead atoms. The molecule has 5 nitrogen and oxygen atoms in total. The maximum Gasteiger partial charge on any atom is 0.257 e. The van der Waals surface area contributed by atoms with Crippen LogP contribution in [0.3, 0.4) is 0 Å². The highest BCUT2D eigenvalue weighted by atomic mass is 32.2. The first kappa shape index (κ1) is 15.9. The van der Waals surface area contributed by atoms with E-state index in [4.69, 9.17) is 9.68 Å². The summed E-state index contributed by atoms with van der Waals surface area (Å²) in [6.45, 7) is 0. The van der Waals surface area contributed by atoms with Crippen molar-refractivity contribution in [1.82, 2.24) is 4.98 Å². The van der Waals surface area contributed by atoms with Crippen molar-refractivity contribution < 1.29 is 17.2 Å². The molecule has 3 rings (SSSR count). The maximum absolute atomic E-state index is 12.9. The van der Waals surface area contributed by atoms with E-state index in [0.29, 0.717) is 11.1 Å². The first-order valence-electron chi connectivity index (χ1n) is 6.93. The summed E-state index contributed by atoms with van der Waals surface area (Å²) in [4.78, 5) is 3.95. The molecule has 0 saturated carbocycles. The largest absolute Gasteiger partial charge is 0.423 e. The lowest BCUT2D eigenvalue weighted by atomic mass is 10.2. The number of nitrogens with zero attached hydrogens (tertiary/aromatic N) is 2. The first-order valence-corrected chi connectivity index (χ1v) is 8.58. The molecule has 0 aliphatic heterocycles. The molecule has 0 atom stereocenters. The Balaban J connectivity index is 2.00. The number of benzene rings is 2. The van der Waals surface area contributed by atoms with E-state index in [1.807, 2.05) is 0 Å². The summed E-state index contributed by atoms with van der Waals surface area (Å²) in [5.74, 6) is -0.810. The lowest BCUT2D eigenvalue weighted by molar-refractivity contribution is 0.457. The highest BCUT2D eigenvalue weighted by Gasteiger charge is 2.27. The van der Waals surface area contributed by atoms with E-state index in [1.165, 1.54) is 24.3 Å². The quantitative estimate of drug-likeness (QED) is 0.726. The highest BCUT2D eigenvalue weighted by Crippen LogP contribution is 2.27. The highest BCUT2D eigenvalue weighted by molar-refractivity contribution is 7.90. The fourth-order valence-electron chi connectivity index (χ4n) is 2.16. The van der Waals surface area contributed by atoms with Gasteiger partial charge in [0.2, 0.25) is 15.7 Å². The van der Waals surface area contributed by atoms with Gasteiger partial charge in [0.15, 0.2) is 5.69 Å². The number of hydrogen-bond donors (Lipinski definition) is 0. The number of oxazole rings is 1. The molecule has 0 radical (unpaired) electrons. The molecule has 2 aromatic carbocycles. The Morgan fingerprint density at radius 1 is 1.08 bits per heavy atom. The normalized spacial score (nSPS) is 11.2. The monoisotopic (exact) mass is 342 g/mol. The number of nitriles is 1. The number of rotatable bonds is 4. The molecule has 0 unspecified atom stereocenters. The van der Waals surface area contributed by atoms with Crippen molar-refractivity contribution >= 4 is 9.84 Å². The van der Waals surface area contributed by atoms with Gasteiger partial charge in [0.25, 0.3) is 5.09 Å². The lowest BCUT2D eigenvalue weighted by Crippen LogP contribution is -2.05. The fourth-order valence-corrected chi connectivity index (χ4v) is 3.51. The third-order valence-corrected chi connectivity index (χ3v) is 4.83. The van der Waals surface area contributed by atoms with Gasteiger partial charge in [0.1, 0.15) is 11.9 Å². The summed E-state index contributed by atoms with van der Waals surface area (Å²) in [5, 5.41) is 8.68. The van der Waals surface area contributed by atoms with Gasteiger partial charge in [-0.25, -0.2) is 12.8 Å². The standard InChI is InChI=1S/C17H11FN2O3S/c18-14-8-6-12(7-9-14)11-24(21,22)17-15(10-19)20-16(23-17)13-4-2-1-3-5-13/h1-9H,11H2. The van der Waals surface area contributed by atoms with Gasteiger partial charge >= 0.3 is 0 Å². The molecule has 120 valence electrons. The summed E-state index contributed by atoms with van der Waals surface area (Å²) in [6, 6.07) is 15.5. The lowest BCUT2D eigenvalue weighted by Gasteiger charge is -2.02. The van der Waals surface area contributed by atoms with Gasteiger partial charge in [0, 0.05) is 5.56 Å². The van der Waals surface area contributed by atoms with Crippen molar-refractivity contribution in [3.8, 4) is 17.5 Å². The summed E-state index contributed by atoms with van der Waals surface area (Å²) in [5.41, 5.74) is 0.658. The fraction of sp³-hybridized carbons (Fsp3) is 0.0588. The summed E-state index contributed by atoms with van der Waals surface area (Å²) in [7, 11) is -3.93. The van der Waals surface area contributed by atoms with Gasteiger partial charge < -0.3 is 4.42 Å². The van der Waals surface area contributed by atoms with E-state index in [2.05, 4.69) is 4.98 Å². The van der Waals surface area contributed by atoms with Crippen molar-refractivity contribution in [3.05, 3.63) is 71.7 Å².